The number of hydrogen-bond acceptors (Lipinski definition) is 2. The van der Waals surface area contributed by atoms with Crippen molar-refractivity contribution in [2.45, 2.75) is 19.6 Å². The van der Waals surface area contributed by atoms with Crippen molar-refractivity contribution in [3.05, 3.63) is 74.8 Å². The minimum Gasteiger partial charge on any atom is -0.347 e. The van der Waals surface area contributed by atoms with E-state index in [0.717, 1.165) is 24.3 Å². The van der Waals surface area contributed by atoms with Crippen LogP contribution in [0.3, 0.4) is 0 Å². The highest BCUT2D eigenvalue weighted by Crippen LogP contribution is 2.31. The first-order chi connectivity index (χ1) is 13.1. The smallest absolute Gasteiger partial charge is 0.347 e. The summed E-state index contributed by atoms with van der Waals surface area (Å²) in [5.74, 6) is -1.52. The summed E-state index contributed by atoms with van der Waals surface area (Å²) in [6, 6.07) is 6.27. The third kappa shape index (κ3) is 3.73. The van der Waals surface area contributed by atoms with E-state index >= 15 is 0 Å². The minimum atomic E-state index is -4.62. The molecule has 0 atom stereocenters. The summed E-state index contributed by atoms with van der Waals surface area (Å²) in [5, 5.41) is 1.96. The van der Waals surface area contributed by atoms with E-state index in [1.54, 1.807) is 6.92 Å². The third-order valence-corrected chi connectivity index (χ3v) is 4.46. The van der Waals surface area contributed by atoms with Gasteiger partial charge in [0, 0.05) is 23.8 Å². The maximum atomic E-state index is 13.2. The lowest BCUT2D eigenvalue weighted by molar-refractivity contribution is -0.137. The predicted molar refractivity (Wildman–Crippen MR) is 98.2 cm³/mol. The molecule has 1 N–H and O–H groups in total. The lowest BCUT2D eigenvalue weighted by Crippen LogP contribution is -2.24. The van der Waals surface area contributed by atoms with Crippen molar-refractivity contribution < 1.29 is 22.4 Å². The van der Waals surface area contributed by atoms with Crippen molar-refractivity contribution in [3.8, 4) is 0 Å². The largest absolute Gasteiger partial charge is 0.416 e. The van der Waals surface area contributed by atoms with Crippen LogP contribution in [0.15, 0.2) is 47.4 Å². The van der Waals surface area contributed by atoms with E-state index in [0.29, 0.717) is 6.54 Å². The maximum absolute atomic E-state index is 13.2. The number of aromatic nitrogens is 1. The normalized spacial score (nSPS) is 11.6. The molecular weight excluding hydrogens is 400 g/mol. The van der Waals surface area contributed by atoms with Gasteiger partial charge in [-0.3, -0.25) is 9.59 Å². The number of rotatable bonds is 3. The molecule has 0 spiro atoms. The van der Waals surface area contributed by atoms with E-state index in [9.17, 15) is 27.2 Å². The molecule has 4 nitrogen and oxygen atoms in total. The van der Waals surface area contributed by atoms with Crippen LogP contribution in [-0.2, 0) is 12.7 Å². The monoisotopic (exact) mass is 412 g/mol. The quantitative estimate of drug-likeness (QED) is 0.609. The van der Waals surface area contributed by atoms with Crippen molar-refractivity contribution in [2.75, 3.05) is 5.32 Å². The molecule has 0 saturated carbocycles. The molecule has 1 heterocycles. The fourth-order valence-corrected chi connectivity index (χ4v) is 2.95. The van der Waals surface area contributed by atoms with Crippen LogP contribution >= 0.6 is 11.6 Å². The molecule has 28 heavy (non-hydrogen) atoms. The summed E-state index contributed by atoms with van der Waals surface area (Å²) in [4.78, 5) is 25.2. The van der Waals surface area contributed by atoms with Crippen LogP contribution in [0.4, 0.5) is 23.2 Å². The van der Waals surface area contributed by atoms with Gasteiger partial charge in [0.15, 0.2) is 0 Å². The fraction of sp³-hybridized carbons (Fsp3) is 0.158. The molecule has 0 radical (unpaired) electrons. The number of aryl methyl sites for hydroxylation is 1. The Morgan fingerprint density at radius 2 is 1.89 bits per heavy atom. The highest BCUT2D eigenvalue weighted by Gasteiger charge is 2.31. The number of carbonyl (C=O) groups is 1. The van der Waals surface area contributed by atoms with Gasteiger partial charge in [-0.1, -0.05) is 11.6 Å². The first kappa shape index (κ1) is 19.9. The SMILES string of the molecule is CCn1cc(C(=O)Nc2ccc(F)c(Cl)c2)c(=O)c2cc(C(F)(F)F)ccc21. The highest BCUT2D eigenvalue weighted by atomic mass is 35.5. The molecule has 0 aliphatic heterocycles. The summed E-state index contributed by atoms with van der Waals surface area (Å²) in [5.41, 5.74) is -1.74. The summed E-state index contributed by atoms with van der Waals surface area (Å²) >= 11 is 5.66. The molecule has 1 aromatic heterocycles. The molecule has 146 valence electrons. The van der Waals surface area contributed by atoms with E-state index < -0.39 is 28.9 Å². The molecule has 9 heteroatoms. The van der Waals surface area contributed by atoms with Crippen molar-refractivity contribution in [1.82, 2.24) is 4.57 Å². The second-order valence-electron chi connectivity index (χ2n) is 5.97. The van der Waals surface area contributed by atoms with E-state index in [2.05, 4.69) is 5.32 Å². The first-order valence-corrected chi connectivity index (χ1v) is 8.50. The van der Waals surface area contributed by atoms with Crippen molar-refractivity contribution in [3.63, 3.8) is 0 Å². The van der Waals surface area contributed by atoms with Crippen molar-refractivity contribution in [1.29, 1.82) is 0 Å². The highest BCUT2D eigenvalue weighted by molar-refractivity contribution is 6.31. The molecule has 0 aliphatic carbocycles. The van der Waals surface area contributed by atoms with Crippen LogP contribution in [0.5, 0.6) is 0 Å². The maximum Gasteiger partial charge on any atom is 0.416 e. The standard InChI is InChI=1S/C19H13ClF4N2O2/c1-2-26-9-13(18(28)25-11-4-5-15(21)14(20)8-11)17(27)12-7-10(19(22,23)24)3-6-16(12)26/h3-9H,2H2,1H3,(H,25,28). The lowest BCUT2D eigenvalue weighted by Gasteiger charge is -2.14. The zero-order valence-corrected chi connectivity index (χ0v) is 15.2. The molecule has 0 fully saturated rings. The van der Waals surface area contributed by atoms with Gasteiger partial charge in [-0.05, 0) is 43.3 Å². The minimum absolute atomic E-state index is 0.142. The van der Waals surface area contributed by atoms with E-state index in [-0.39, 0.29) is 27.2 Å². The second kappa shape index (κ2) is 7.27. The van der Waals surface area contributed by atoms with E-state index in [4.69, 9.17) is 11.6 Å². The van der Waals surface area contributed by atoms with Crippen LogP contribution in [0.2, 0.25) is 5.02 Å². The van der Waals surface area contributed by atoms with Crippen LogP contribution < -0.4 is 10.7 Å². The number of benzene rings is 2. The topological polar surface area (TPSA) is 51.1 Å². The van der Waals surface area contributed by atoms with Crippen LogP contribution in [0, 0.1) is 5.82 Å². The zero-order valence-electron chi connectivity index (χ0n) is 14.4. The molecule has 0 unspecified atom stereocenters. The number of anilines is 1. The number of halogens is 5. The molecular formula is C19H13ClF4N2O2. The van der Waals surface area contributed by atoms with Gasteiger partial charge in [0.25, 0.3) is 5.91 Å². The van der Waals surface area contributed by atoms with Gasteiger partial charge >= 0.3 is 6.18 Å². The van der Waals surface area contributed by atoms with E-state index in [1.807, 2.05) is 0 Å². The predicted octanol–water partition coefficient (Wildman–Crippen LogP) is 5.09. The molecule has 0 saturated heterocycles. The average Bonchev–Trinajstić information content (AvgIpc) is 2.64. The van der Waals surface area contributed by atoms with Crippen LogP contribution in [-0.4, -0.2) is 10.5 Å². The molecule has 2 aromatic carbocycles. The third-order valence-electron chi connectivity index (χ3n) is 4.17. The van der Waals surface area contributed by atoms with Gasteiger partial charge in [0.05, 0.1) is 16.1 Å². The summed E-state index contributed by atoms with van der Waals surface area (Å²) < 4.78 is 53.8. The van der Waals surface area contributed by atoms with Crippen molar-refractivity contribution >= 4 is 34.1 Å². The zero-order chi connectivity index (χ0) is 20.6. The average molecular weight is 413 g/mol. The number of hydrogen-bond donors (Lipinski definition) is 1. The Balaban J connectivity index is 2.11. The molecule has 3 rings (SSSR count). The van der Waals surface area contributed by atoms with Gasteiger partial charge in [-0.25, -0.2) is 4.39 Å². The summed E-state index contributed by atoms with van der Waals surface area (Å²) in [7, 11) is 0. The second-order valence-corrected chi connectivity index (χ2v) is 6.38. The molecule has 0 bridgehead atoms. The Kier molecular flexibility index (Phi) is 5.16. The summed E-state index contributed by atoms with van der Waals surface area (Å²) in [6.07, 6.45) is -3.35. The first-order valence-electron chi connectivity index (χ1n) is 8.12. The number of fused-ring (bicyclic) bond motifs is 1. The summed E-state index contributed by atoms with van der Waals surface area (Å²) in [6.45, 7) is 2.05. The number of amides is 1. The van der Waals surface area contributed by atoms with Gasteiger partial charge in [-0.15, -0.1) is 0 Å². The van der Waals surface area contributed by atoms with Crippen LogP contribution in [0.25, 0.3) is 10.9 Å². The Labute approximate surface area is 161 Å². The van der Waals surface area contributed by atoms with Gasteiger partial charge in [-0.2, -0.15) is 13.2 Å². The Morgan fingerprint density at radius 1 is 1.18 bits per heavy atom. The van der Waals surface area contributed by atoms with E-state index in [1.165, 1.54) is 22.9 Å². The number of nitrogens with one attached hydrogen (secondary N) is 1. The number of alkyl halides is 3. The van der Waals surface area contributed by atoms with Crippen molar-refractivity contribution in [2.24, 2.45) is 0 Å². The number of pyridine rings is 1. The van der Waals surface area contributed by atoms with Gasteiger partial charge < -0.3 is 9.88 Å². The Hall–Kier alpha value is -2.87. The fourth-order valence-electron chi connectivity index (χ4n) is 2.77. The van der Waals surface area contributed by atoms with Gasteiger partial charge in [0.1, 0.15) is 11.4 Å². The number of nitrogens with zero attached hydrogens (tertiary/aromatic N) is 1. The molecule has 3 aromatic rings. The Morgan fingerprint density at radius 3 is 2.50 bits per heavy atom. The number of carbonyl (C=O) groups excluding carboxylic acids is 1. The lowest BCUT2D eigenvalue weighted by atomic mass is 10.1. The Bertz CT molecular complexity index is 1140. The van der Waals surface area contributed by atoms with Gasteiger partial charge in [0.2, 0.25) is 5.43 Å². The molecule has 0 aliphatic rings. The van der Waals surface area contributed by atoms with Crippen LogP contribution in [0.1, 0.15) is 22.8 Å². The molecule has 1 amide bonds.